The summed E-state index contributed by atoms with van der Waals surface area (Å²) < 4.78 is 27.1. The first-order valence-electron chi connectivity index (χ1n) is 10.8. The van der Waals surface area contributed by atoms with Gasteiger partial charge in [0.25, 0.3) is 0 Å². The zero-order chi connectivity index (χ0) is 20.5. The van der Waals surface area contributed by atoms with E-state index in [-0.39, 0.29) is 12.3 Å². The molecule has 0 atom stereocenters. The highest BCUT2D eigenvalue weighted by Crippen LogP contribution is 2.25. The molecule has 1 aromatic carbocycles. The van der Waals surface area contributed by atoms with E-state index in [2.05, 4.69) is 49.1 Å². The normalized spacial score (nSPS) is 19.2. The van der Waals surface area contributed by atoms with Crippen LogP contribution in [0.15, 0.2) is 35.3 Å². The average Bonchev–Trinajstić information content (AvgIpc) is 2.67. The van der Waals surface area contributed by atoms with Crippen molar-refractivity contribution in [3.05, 3.63) is 35.9 Å². The lowest BCUT2D eigenvalue weighted by Gasteiger charge is -2.36. The number of sulfonamides is 1. The Hall–Kier alpha value is -1.64. The number of nitrogens with zero attached hydrogens (tertiary/aromatic N) is 3. The van der Waals surface area contributed by atoms with Crippen molar-refractivity contribution < 1.29 is 8.42 Å². The minimum Gasteiger partial charge on any atom is -0.357 e. The van der Waals surface area contributed by atoms with E-state index in [4.69, 9.17) is 0 Å². The van der Waals surface area contributed by atoms with Crippen LogP contribution >= 0.6 is 0 Å². The summed E-state index contributed by atoms with van der Waals surface area (Å²) in [4.78, 5) is 9.27. The molecule has 29 heavy (non-hydrogen) atoms. The van der Waals surface area contributed by atoms with E-state index in [1.165, 1.54) is 12.0 Å². The first-order chi connectivity index (χ1) is 14.1. The van der Waals surface area contributed by atoms with Crippen LogP contribution in [0.4, 0.5) is 0 Å². The predicted molar refractivity (Wildman–Crippen MR) is 118 cm³/mol. The predicted octanol–water partition coefficient (Wildman–Crippen LogP) is 1.49. The molecule has 1 aromatic rings. The molecule has 162 valence electrons. The van der Waals surface area contributed by atoms with Gasteiger partial charge in [0.05, 0.1) is 12.3 Å². The summed E-state index contributed by atoms with van der Waals surface area (Å²) in [6.07, 6.45) is 3.50. The fourth-order valence-electron chi connectivity index (χ4n) is 3.67. The minimum atomic E-state index is -3.25. The van der Waals surface area contributed by atoms with Gasteiger partial charge >= 0.3 is 0 Å². The summed E-state index contributed by atoms with van der Waals surface area (Å²) in [6.45, 7) is 8.38. The lowest BCUT2D eigenvalue weighted by atomic mass is 9.86. The maximum absolute atomic E-state index is 12.2. The van der Waals surface area contributed by atoms with E-state index < -0.39 is 10.0 Å². The van der Waals surface area contributed by atoms with Gasteiger partial charge in [0.1, 0.15) is 0 Å². The van der Waals surface area contributed by atoms with Crippen molar-refractivity contribution in [1.29, 1.82) is 0 Å². The number of benzene rings is 1. The Morgan fingerprint density at radius 3 is 2.48 bits per heavy atom. The Morgan fingerprint density at radius 2 is 1.86 bits per heavy atom. The van der Waals surface area contributed by atoms with Gasteiger partial charge in [-0.3, -0.25) is 9.89 Å². The van der Waals surface area contributed by atoms with Crippen molar-refractivity contribution in [2.45, 2.75) is 32.7 Å². The van der Waals surface area contributed by atoms with Crippen LogP contribution in [0.1, 0.15) is 31.7 Å². The second-order valence-corrected chi connectivity index (χ2v) is 9.88. The van der Waals surface area contributed by atoms with Gasteiger partial charge in [0.2, 0.25) is 10.0 Å². The van der Waals surface area contributed by atoms with Crippen LogP contribution in [0, 0.1) is 5.92 Å². The van der Waals surface area contributed by atoms with Crippen LogP contribution < -0.4 is 10.0 Å². The third-order valence-electron chi connectivity index (χ3n) is 5.69. The van der Waals surface area contributed by atoms with Gasteiger partial charge in [0, 0.05) is 45.8 Å². The Morgan fingerprint density at radius 1 is 1.14 bits per heavy atom. The molecule has 1 saturated heterocycles. The van der Waals surface area contributed by atoms with Crippen molar-refractivity contribution in [3.63, 3.8) is 0 Å². The largest absolute Gasteiger partial charge is 0.357 e. The summed E-state index contributed by atoms with van der Waals surface area (Å²) in [5.74, 6) is 1.39. The minimum absolute atomic E-state index is 0.0442. The van der Waals surface area contributed by atoms with E-state index in [1.54, 1.807) is 0 Å². The van der Waals surface area contributed by atoms with Crippen molar-refractivity contribution in [2.24, 2.45) is 10.9 Å². The molecule has 0 spiro atoms. The number of rotatable bonds is 9. The fraction of sp³-hybridized carbons (Fsp3) is 0.667. The number of guanidine groups is 1. The van der Waals surface area contributed by atoms with Crippen molar-refractivity contribution in [3.8, 4) is 0 Å². The Kier molecular flexibility index (Phi) is 8.32. The summed E-state index contributed by atoms with van der Waals surface area (Å²) in [6, 6.07) is 10.5. The average molecular weight is 422 g/mol. The molecule has 7 nitrogen and oxygen atoms in total. The van der Waals surface area contributed by atoms with Gasteiger partial charge in [-0.15, -0.1) is 0 Å². The second-order valence-electron chi connectivity index (χ2n) is 7.95. The van der Waals surface area contributed by atoms with Gasteiger partial charge in [-0.2, -0.15) is 0 Å². The summed E-state index contributed by atoms with van der Waals surface area (Å²) in [7, 11) is -3.25. The van der Waals surface area contributed by atoms with Crippen molar-refractivity contribution in [1.82, 2.24) is 19.8 Å². The lowest BCUT2D eigenvalue weighted by molar-refractivity contribution is 0.172. The van der Waals surface area contributed by atoms with E-state index in [0.717, 1.165) is 58.1 Å². The molecule has 0 unspecified atom stereocenters. The highest BCUT2D eigenvalue weighted by Gasteiger charge is 2.21. The zero-order valence-electron chi connectivity index (χ0n) is 17.5. The van der Waals surface area contributed by atoms with Gasteiger partial charge in [-0.25, -0.2) is 13.1 Å². The van der Waals surface area contributed by atoms with E-state index in [1.807, 2.05) is 13.0 Å². The molecule has 0 bridgehead atoms. The topological polar surface area (TPSA) is 77.0 Å². The van der Waals surface area contributed by atoms with Crippen LogP contribution in [0.25, 0.3) is 0 Å². The fourth-order valence-corrected chi connectivity index (χ4v) is 4.64. The maximum Gasteiger partial charge on any atom is 0.213 e. The SMILES string of the molecule is CCNC(=NCCS(=O)(=O)NCC1CCC1)N1CCN(Cc2ccccc2)CC1. The number of hydrogen-bond donors (Lipinski definition) is 2. The van der Waals surface area contributed by atoms with Crippen LogP contribution in [0.3, 0.4) is 0 Å². The molecule has 2 N–H and O–H groups in total. The molecule has 0 aromatic heterocycles. The highest BCUT2D eigenvalue weighted by molar-refractivity contribution is 7.89. The first-order valence-corrected chi connectivity index (χ1v) is 12.5. The zero-order valence-corrected chi connectivity index (χ0v) is 18.3. The summed E-state index contributed by atoms with van der Waals surface area (Å²) in [5, 5.41) is 3.31. The molecule has 2 fully saturated rings. The molecule has 8 heteroatoms. The van der Waals surface area contributed by atoms with Gasteiger partial charge < -0.3 is 10.2 Å². The van der Waals surface area contributed by atoms with Gasteiger partial charge in [0.15, 0.2) is 5.96 Å². The third kappa shape index (κ3) is 7.28. The number of aliphatic imine (C=N–C) groups is 1. The smallest absolute Gasteiger partial charge is 0.213 e. The molecule has 0 amide bonds. The van der Waals surface area contributed by atoms with E-state index >= 15 is 0 Å². The maximum atomic E-state index is 12.2. The molecule has 1 aliphatic carbocycles. The second kappa shape index (κ2) is 10.9. The number of piperazine rings is 1. The highest BCUT2D eigenvalue weighted by atomic mass is 32.2. The van der Waals surface area contributed by atoms with Gasteiger partial charge in [-0.05, 0) is 31.2 Å². The Bertz CT molecular complexity index is 742. The molecule has 3 rings (SSSR count). The van der Waals surface area contributed by atoms with E-state index in [0.29, 0.717) is 12.5 Å². The molecule has 1 heterocycles. The van der Waals surface area contributed by atoms with Crippen LogP contribution in [-0.2, 0) is 16.6 Å². The van der Waals surface area contributed by atoms with Crippen LogP contribution in [0.5, 0.6) is 0 Å². The molecule has 1 saturated carbocycles. The monoisotopic (exact) mass is 421 g/mol. The van der Waals surface area contributed by atoms with E-state index in [9.17, 15) is 8.42 Å². The number of nitrogens with one attached hydrogen (secondary N) is 2. The number of hydrogen-bond acceptors (Lipinski definition) is 4. The van der Waals surface area contributed by atoms with Crippen LogP contribution in [-0.4, -0.2) is 75.7 Å². The van der Waals surface area contributed by atoms with Crippen molar-refractivity contribution in [2.75, 3.05) is 51.6 Å². The Balaban J connectivity index is 1.45. The van der Waals surface area contributed by atoms with Gasteiger partial charge in [-0.1, -0.05) is 36.8 Å². The molecular formula is C21H35N5O2S. The lowest BCUT2D eigenvalue weighted by Crippen LogP contribution is -2.52. The molecule has 0 radical (unpaired) electrons. The summed E-state index contributed by atoms with van der Waals surface area (Å²) >= 11 is 0. The summed E-state index contributed by atoms with van der Waals surface area (Å²) in [5.41, 5.74) is 1.33. The Labute approximate surface area is 175 Å². The first kappa shape index (κ1) is 22.1. The molecule has 2 aliphatic rings. The standard InChI is InChI=1S/C21H35N5O2S/c1-2-22-21(23-11-16-29(27,28)24-17-19-9-6-10-19)26-14-12-25(13-15-26)18-20-7-4-3-5-8-20/h3-5,7-8,19,24H,2,6,9-18H2,1H3,(H,22,23). The van der Waals surface area contributed by atoms with Crippen molar-refractivity contribution >= 4 is 16.0 Å². The third-order valence-corrected chi connectivity index (χ3v) is 7.02. The van der Waals surface area contributed by atoms with Crippen LogP contribution in [0.2, 0.25) is 0 Å². The molecular weight excluding hydrogens is 386 g/mol. The molecule has 1 aliphatic heterocycles. The quantitative estimate of drug-likeness (QED) is 0.467.